The van der Waals surface area contributed by atoms with Crippen LogP contribution < -0.4 is 9.47 Å². The number of aliphatic imine (C=N–C) groups is 1. The molecule has 1 aliphatic rings. The molecule has 0 saturated heterocycles. The Morgan fingerprint density at radius 2 is 1.88 bits per heavy atom. The molecule has 0 N–H and O–H groups in total. The first-order chi connectivity index (χ1) is 16.0. The van der Waals surface area contributed by atoms with Crippen molar-refractivity contribution < 1.29 is 23.4 Å². The van der Waals surface area contributed by atoms with Gasteiger partial charge >= 0.3 is 5.97 Å². The summed E-state index contributed by atoms with van der Waals surface area (Å²) in [5, 5.41) is 0.329. The molecule has 0 spiro atoms. The Hall–Kier alpha value is -3.29. The van der Waals surface area contributed by atoms with Gasteiger partial charge in [-0.15, -0.1) is 11.8 Å². The summed E-state index contributed by atoms with van der Waals surface area (Å²) in [6.45, 7) is 0.429. The molecule has 168 valence electrons. The first-order valence-corrected chi connectivity index (χ1v) is 11.4. The number of ether oxygens (including phenoxy) is 3. The summed E-state index contributed by atoms with van der Waals surface area (Å²) < 4.78 is 30.4. The molecular weight excluding hydrogens is 465 g/mol. The number of nitrogens with zero attached hydrogens (tertiary/aromatic N) is 1. The van der Waals surface area contributed by atoms with E-state index in [9.17, 15) is 9.18 Å². The van der Waals surface area contributed by atoms with Crippen molar-refractivity contribution in [3.63, 3.8) is 0 Å². The van der Waals surface area contributed by atoms with Crippen molar-refractivity contribution in [1.82, 2.24) is 0 Å². The number of thioether (sulfide) groups is 1. The standard InChI is InChI=1S/C25H19ClFNO4S/c1-30-22-15-16(13-19(26)23(22)31-11-12-33-17-7-3-2-4-8-17)14-21-25(29)32-24(28-21)18-9-5-6-10-20(18)27/h2-10,13-15H,11-12H2,1H3/b21-14+. The number of halogens is 2. The van der Waals surface area contributed by atoms with Gasteiger partial charge in [0.15, 0.2) is 17.2 Å². The highest BCUT2D eigenvalue weighted by atomic mass is 35.5. The van der Waals surface area contributed by atoms with Crippen LogP contribution in [0.5, 0.6) is 11.5 Å². The van der Waals surface area contributed by atoms with Gasteiger partial charge in [-0.2, -0.15) is 0 Å². The quantitative estimate of drug-likeness (QED) is 0.170. The minimum absolute atomic E-state index is 0.0271. The van der Waals surface area contributed by atoms with Crippen molar-refractivity contribution in [3.8, 4) is 11.5 Å². The Labute approximate surface area is 199 Å². The lowest BCUT2D eigenvalue weighted by atomic mass is 10.1. The van der Waals surface area contributed by atoms with Gasteiger partial charge in [-0.1, -0.05) is 41.9 Å². The number of methoxy groups -OCH3 is 1. The second-order valence-corrected chi connectivity index (χ2v) is 8.44. The third kappa shape index (κ3) is 5.56. The summed E-state index contributed by atoms with van der Waals surface area (Å²) in [6.07, 6.45) is 1.50. The highest BCUT2D eigenvalue weighted by Gasteiger charge is 2.26. The molecule has 1 heterocycles. The lowest BCUT2D eigenvalue weighted by Crippen LogP contribution is -2.07. The van der Waals surface area contributed by atoms with E-state index < -0.39 is 11.8 Å². The van der Waals surface area contributed by atoms with E-state index >= 15 is 0 Å². The monoisotopic (exact) mass is 483 g/mol. The first kappa shape index (κ1) is 22.9. The number of cyclic esters (lactones) is 1. The van der Waals surface area contributed by atoms with E-state index in [0.717, 1.165) is 10.6 Å². The summed E-state index contributed by atoms with van der Waals surface area (Å²) >= 11 is 8.11. The fraction of sp³-hybridized carbons (Fsp3) is 0.120. The minimum Gasteiger partial charge on any atom is -0.493 e. The molecule has 8 heteroatoms. The summed E-state index contributed by atoms with van der Waals surface area (Å²) in [5.74, 6) is 0.277. The molecule has 0 unspecified atom stereocenters. The fourth-order valence-electron chi connectivity index (χ4n) is 3.10. The highest BCUT2D eigenvalue weighted by molar-refractivity contribution is 7.99. The number of hydrogen-bond donors (Lipinski definition) is 0. The van der Waals surface area contributed by atoms with Crippen molar-refractivity contribution >= 4 is 41.3 Å². The van der Waals surface area contributed by atoms with Gasteiger partial charge in [0.05, 0.1) is 24.3 Å². The lowest BCUT2D eigenvalue weighted by molar-refractivity contribution is -0.129. The van der Waals surface area contributed by atoms with E-state index in [2.05, 4.69) is 4.99 Å². The Morgan fingerprint density at radius 1 is 1.12 bits per heavy atom. The van der Waals surface area contributed by atoms with Crippen molar-refractivity contribution in [1.29, 1.82) is 0 Å². The second kappa shape index (κ2) is 10.6. The van der Waals surface area contributed by atoms with Crippen LogP contribution in [0.4, 0.5) is 4.39 Å². The van der Waals surface area contributed by atoms with Crippen LogP contribution in [0.25, 0.3) is 6.08 Å². The third-order valence-corrected chi connectivity index (χ3v) is 5.88. The van der Waals surface area contributed by atoms with E-state index in [1.54, 1.807) is 36.0 Å². The number of esters is 1. The number of carbonyl (C=O) groups is 1. The SMILES string of the molecule is COc1cc(/C=C2/N=C(c3ccccc3F)OC2=O)cc(Cl)c1OCCSc1ccccc1. The zero-order valence-electron chi connectivity index (χ0n) is 17.6. The van der Waals surface area contributed by atoms with Crippen LogP contribution in [0.15, 0.2) is 82.3 Å². The average molecular weight is 484 g/mol. The van der Waals surface area contributed by atoms with Gasteiger partial charge in [-0.25, -0.2) is 14.2 Å². The van der Waals surface area contributed by atoms with Gasteiger partial charge in [0.1, 0.15) is 5.82 Å². The number of hydrogen-bond acceptors (Lipinski definition) is 6. The summed E-state index contributed by atoms with van der Waals surface area (Å²) in [7, 11) is 1.51. The Balaban J connectivity index is 1.49. The molecule has 0 bridgehead atoms. The molecule has 0 atom stereocenters. The molecule has 0 amide bonds. The largest absolute Gasteiger partial charge is 0.493 e. The van der Waals surface area contributed by atoms with E-state index in [0.29, 0.717) is 28.7 Å². The van der Waals surface area contributed by atoms with Gasteiger partial charge in [0.2, 0.25) is 5.90 Å². The predicted molar refractivity (Wildman–Crippen MR) is 128 cm³/mol. The molecule has 33 heavy (non-hydrogen) atoms. The van der Waals surface area contributed by atoms with Crippen LogP contribution in [0, 0.1) is 5.82 Å². The molecule has 0 saturated carbocycles. The Kier molecular flexibility index (Phi) is 7.32. The van der Waals surface area contributed by atoms with Crippen LogP contribution in [0.3, 0.4) is 0 Å². The van der Waals surface area contributed by atoms with Crippen molar-refractivity contribution in [2.45, 2.75) is 4.90 Å². The molecule has 3 aromatic carbocycles. The van der Waals surface area contributed by atoms with E-state index in [-0.39, 0.29) is 17.2 Å². The Morgan fingerprint density at radius 3 is 2.64 bits per heavy atom. The molecule has 4 rings (SSSR count). The zero-order valence-corrected chi connectivity index (χ0v) is 19.2. The second-order valence-electron chi connectivity index (χ2n) is 6.86. The fourth-order valence-corrected chi connectivity index (χ4v) is 4.13. The van der Waals surface area contributed by atoms with E-state index in [1.165, 1.54) is 25.3 Å². The zero-order chi connectivity index (χ0) is 23.2. The van der Waals surface area contributed by atoms with Gasteiger partial charge in [-0.3, -0.25) is 0 Å². The average Bonchev–Trinajstić information content (AvgIpc) is 3.18. The van der Waals surface area contributed by atoms with Gasteiger partial charge < -0.3 is 14.2 Å². The van der Waals surface area contributed by atoms with Crippen LogP contribution in [-0.4, -0.2) is 31.3 Å². The normalized spacial score (nSPS) is 14.2. The third-order valence-electron chi connectivity index (χ3n) is 4.62. The maximum atomic E-state index is 14.0. The van der Waals surface area contributed by atoms with Gasteiger partial charge in [-0.05, 0) is 48.0 Å². The molecule has 1 aliphatic heterocycles. The maximum Gasteiger partial charge on any atom is 0.363 e. The minimum atomic E-state index is -0.679. The molecule has 5 nitrogen and oxygen atoms in total. The van der Waals surface area contributed by atoms with E-state index in [4.69, 9.17) is 25.8 Å². The predicted octanol–water partition coefficient (Wildman–Crippen LogP) is 6.00. The molecular formula is C25H19ClFNO4S. The summed E-state index contributed by atoms with van der Waals surface area (Å²) in [4.78, 5) is 17.5. The topological polar surface area (TPSA) is 57.1 Å². The van der Waals surface area contributed by atoms with Crippen molar-refractivity contribution in [3.05, 3.63) is 94.4 Å². The molecule has 0 aliphatic carbocycles. The van der Waals surface area contributed by atoms with Crippen LogP contribution in [-0.2, 0) is 9.53 Å². The molecule has 3 aromatic rings. The number of rotatable bonds is 8. The van der Waals surface area contributed by atoms with E-state index in [1.807, 2.05) is 30.3 Å². The van der Waals surface area contributed by atoms with Gasteiger partial charge in [0, 0.05) is 10.6 Å². The van der Waals surface area contributed by atoms with Crippen LogP contribution in [0.1, 0.15) is 11.1 Å². The summed E-state index contributed by atoms with van der Waals surface area (Å²) in [5.41, 5.74) is 0.703. The smallest absolute Gasteiger partial charge is 0.363 e. The number of carbonyl (C=O) groups excluding carboxylic acids is 1. The van der Waals surface area contributed by atoms with Gasteiger partial charge in [0.25, 0.3) is 0 Å². The highest BCUT2D eigenvalue weighted by Crippen LogP contribution is 2.37. The molecule has 0 radical (unpaired) electrons. The van der Waals surface area contributed by atoms with Crippen molar-refractivity contribution in [2.24, 2.45) is 4.99 Å². The van der Waals surface area contributed by atoms with Crippen molar-refractivity contribution in [2.75, 3.05) is 19.5 Å². The lowest BCUT2D eigenvalue weighted by Gasteiger charge is -2.13. The number of benzene rings is 3. The van der Waals surface area contributed by atoms with Crippen LogP contribution >= 0.6 is 23.4 Å². The summed E-state index contributed by atoms with van der Waals surface area (Å²) in [6, 6.07) is 19.3. The molecule has 0 aromatic heterocycles. The van der Waals surface area contributed by atoms with Crippen LogP contribution in [0.2, 0.25) is 5.02 Å². The maximum absolute atomic E-state index is 14.0. The first-order valence-electron chi connectivity index (χ1n) is 10.0. The Bertz CT molecular complexity index is 1230. The molecule has 0 fully saturated rings.